The number of thiophene rings is 1. The second kappa shape index (κ2) is 11.4. The number of aromatic nitrogens is 5. The van der Waals surface area contributed by atoms with Gasteiger partial charge in [0.2, 0.25) is 0 Å². The number of pyridine rings is 2. The van der Waals surface area contributed by atoms with Crippen LogP contribution in [0.15, 0.2) is 152 Å². The topological polar surface area (TPSA) is 64.5 Å². The molecule has 0 saturated carbocycles. The fourth-order valence-electron chi connectivity index (χ4n) is 6.16. The summed E-state index contributed by atoms with van der Waals surface area (Å²) in [5.74, 6) is 1.90. The molecule has 0 fully saturated rings. The van der Waals surface area contributed by atoms with E-state index in [1.807, 2.05) is 85.2 Å². The third kappa shape index (κ3) is 4.92. The third-order valence-electron chi connectivity index (χ3n) is 8.41. The quantitative estimate of drug-likeness (QED) is 0.192. The summed E-state index contributed by atoms with van der Waals surface area (Å²) in [6.07, 6.45) is 3.86. The lowest BCUT2D eigenvalue weighted by molar-refractivity contribution is 1.07. The van der Waals surface area contributed by atoms with E-state index in [0.717, 1.165) is 50.0 Å². The second-order valence-electron chi connectivity index (χ2n) is 11.4. The van der Waals surface area contributed by atoms with Crippen molar-refractivity contribution in [2.75, 3.05) is 0 Å². The Morgan fingerprint density at radius 3 is 1.85 bits per heavy atom. The van der Waals surface area contributed by atoms with Crippen LogP contribution in [0.2, 0.25) is 0 Å². The van der Waals surface area contributed by atoms with Crippen molar-refractivity contribution >= 4 is 42.4 Å². The molecule has 0 amide bonds. The molecular formula is C41H25N5S. The Balaban J connectivity index is 1.14. The van der Waals surface area contributed by atoms with Crippen LogP contribution >= 0.6 is 11.3 Å². The van der Waals surface area contributed by atoms with Gasteiger partial charge in [-0.3, -0.25) is 9.97 Å². The van der Waals surface area contributed by atoms with Crippen LogP contribution in [0.3, 0.4) is 0 Å². The lowest BCUT2D eigenvalue weighted by Crippen LogP contribution is -2.00. The van der Waals surface area contributed by atoms with Crippen LogP contribution in [0.25, 0.3) is 87.6 Å². The molecule has 9 rings (SSSR count). The van der Waals surface area contributed by atoms with E-state index in [1.54, 1.807) is 11.3 Å². The minimum absolute atomic E-state index is 0.623. The summed E-state index contributed by atoms with van der Waals surface area (Å²) in [7, 11) is 0. The van der Waals surface area contributed by atoms with Crippen molar-refractivity contribution in [3.05, 3.63) is 152 Å². The Hall–Kier alpha value is -6.11. The monoisotopic (exact) mass is 619 g/mol. The molecule has 0 unspecified atom stereocenters. The zero-order chi connectivity index (χ0) is 31.2. The average molecular weight is 620 g/mol. The van der Waals surface area contributed by atoms with E-state index < -0.39 is 0 Å². The highest BCUT2D eigenvalue weighted by molar-refractivity contribution is 7.25. The Morgan fingerprint density at radius 2 is 1.09 bits per heavy atom. The number of benzene rings is 5. The molecule has 0 aliphatic rings. The van der Waals surface area contributed by atoms with Gasteiger partial charge in [-0.2, -0.15) is 0 Å². The molecule has 0 atom stereocenters. The molecule has 220 valence electrons. The Kier molecular flexibility index (Phi) is 6.58. The van der Waals surface area contributed by atoms with Crippen molar-refractivity contribution in [3.63, 3.8) is 0 Å². The molecule has 5 aromatic carbocycles. The summed E-state index contributed by atoms with van der Waals surface area (Å²) in [6, 6.07) is 47.6. The van der Waals surface area contributed by atoms with Gasteiger partial charge in [0.25, 0.3) is 0 Å². The molecular weight excluding hydrogens is 595 g/mol. The first-order chi connectivity index (χ1) is 23.3. The summed E-state index contributed by atoms with van der Waals surface area (Å²) in [4.78, 5) is 24.6. The first-order valence-electron chi connectivity index (χ1n) is 15.4. The first kappa shape index (κ1) is 27.2. The van der Waals surface area contributed by atoms with Gasteiger partial charge in [-0.1, -0.05) is 115 Å². The maximum atomic E-state index is 5.04. The third-order valence-corrected chi connectivity index (χ3v) is 9.54. The number of nitrogens with zero attached hydrogens (tertiary/aromatic N) is 5. The Bertz CT molecular complexity index is 2520. The molecule has 0 saturated heterocycles. The maximum Gasteiger partial charge on any atom is 0.164 e. The van der Waals surface area contributed by atoms with Crippen molar-refractivity contribution in [1.29, 1.82) is 0 Å². The highest BCUT2D eigenvalue weighted by Crippen LogP contribution is 2.40. The standard InChI is InChI=1S/C41H25N5S/c1-3-11-26(12-4-1)39-44-40(27-13-5-2-6-14-27)46-41(45-39)30-17-9-15-28(23-30)31-24-29-16-10-19-33(37(29)43-25-31)38-36-32-18-7-8-20-34(32)47-35(36)21-22-42-38/h1-25H. The van der Waals surface area contributed by atoms with Crippen LogP contribution in [0, 0.1) is 0 Å². The summed E-state index contributed by atoms with van der Waals surface area (Å²) >= 11 is 1.80. The van der Waals surface area contributed by atoms with Crippen LogP contribution in [-0.4, -0.2) is 24.9 Å². The SMILES string of the molecule is c1ccc(-c2nc(-c3ccccc3)nc(-c3cccc(-c4cnc5c(-c6nccc7sc8ccccc8c67)cccc5c4)c3)n2)cc1. The van der Waals surface area contributed by atoms with Gasteiger partial charge in [0.1, 0.15) is 0 Å². The van der Waals surface area contributed by atoms with Gasteiger partial charge in [-0.15, -0.1) is 11.3 Å². The fourth-order valence-corrected chi connectivity index (χ4v) is 7.26. The summed E-state index contributed by atoms with van der Waals surface area (Å²) < 4.78 is 2.49. The predicted molar refractivity (Wildman–Crippen MR) is 193 cm³/mol. The van der Waals surface area contributed by atoms with Crippen molar-refractivity contribution < 1.29 is 0 Å². The lowest BCUT2D eigenvalue weighted by Gasteiger charge is -2.11. The lowest BCUT2D eigenvalue weighted by atomic mass is 9.99. The summed E-state index contributed by atoms with van der Waals surface area (Å²) in [6.45, 7) is 0. The highest BCUT2D eigenvalue weighted by Gasteiger charge is 2.16. The zero-order valence-corrected chi connectivity index (χ0v) is 25.9. The molecule has 0 aliphatic carbocycles. The molecule has 5 nitrogen and oxygen atoms in total. The van der Waals surface area contributed by atoms with Gasteiger partial charge < -0.3 is 0 Å². The van der Waals surface area contributed by atoms with E-state index in [1.165, 1.54) is 20.2 Å². The predicted octanol–water partition coefficient (Wildman–Crippen LogP) is 10.5. The van der Waals surface area contributed by atoms with Crippen LogP contribution in [0.4, 0.5) is 0 Å². The minimum Gasteiger partial charge on any atom is -0.255 e. The number of rotatable bonds is 5. The number of hydrogen-bond donors (Lipinski definition) is 0. The minimum atomic E-state index is 0.623. The van der Waals surface area contributed by atoms with E-state index >= 15 is 0 Å². The smallest absolute Gasteiger partial charge is 0.164 e. The molecule has 9 aromatic rings. The molecule has 47 heavy (non-hydrogen) atoms. The van der Waals surface area contributed by atoms with Crippen LogP contribution in [0.1, 0.15) is 0 Å². The van der Waals surface area contributed by atoms with Gasteiger partial charge >= 0.3 is 0 Å². The van der Waals surface area contributed by atoms with Crippen molar-refractivity contribution in [2.45, 2.75) is 0 Å². The van der Waals surface area contributed by atoms with Gasteiger partial charge in [0.05, 0.1) is 11.2 Å². The Labute approximate surface area is 275 Å². The first-order valence-corrected chi connectivity index (χ1v) is 16.2. The van der Waals surface area contributed by atoms with E-state index in [9.17, 15) is 0 Å². The largest absolute Gasteiger partial charge is 0.255 e. The van der Waals surface area contributed by atoms with Gasteiger partial charge in [-0.25, -0.2) is 15.0 Å². The molecule has 0 radical (unpaired) electrons. The van der Waals surface area contributed by atoms with E-state index in [4.69, 9.17) is 24.9 Å². The van der Waals surface area contributed by atoms with Gasteiger partial charge in [-0.05, 0) is 29.8 Å². The zero-order valence-electron chi connectivity index (χ0n) is 25.1. The fraction of sp³-hybridized carbons (Fsp3) is 0. The Morgan fingerprint density at radius 1 is 0.447 bits per heavy atom. The highest BCUT2D eigenvalue weighted by atomic mass is 32.1. The van der Waals surface area contributed by atoms with Crippen LogP contribution < -0.4 is 0 Å². The van der Waals surface area contributed by atoms with E-state index in [-0.39, 0.29) is 0 Å². The molecule has 4 heterocycles. The summed E-state index contributed by atoms with van der Waals surface area (Å²) in [5, 5.41) is 3.47. The van der Waals surface area contributed by atoms with Gasteiger partial charge in [0, 0.05) is 65.8 Å². The van der Waals surface area contributed by atoms with Gasteiger partial charge in [0.15, 0.2) is 17.5 Å². The van der Waals surface area contributed by atoms with E-state index in [2.05, 4.69) is 66.7 Å². The number of hydrogen-bond acceptors (Lipinski definition) is 6. The molecule has 0 spiro atoms. The molecule has 6 heteroatoms. The van der Waals surface area contributed by atoms with Crippen LogP contribution in [-0.2, 0) is 0 Å². The number of para-hydroxylation sites is 1. The summed E-state index contributed by atoms with van der Waals surface area (Å²) in [5.41, 5.74) is 7.78. The molecule has 0 N–H and O–H groups in total. The molecule has 0 aliphatic heterocycles. The van der Waals surface area contributed by atoms with Crippen molar-refractivity contribution in [1.82, 2.24) is 24.9 Å². The van der Waals surface area contributed by atoms with Crippen LogP contribution in [0.5, 0.6) is 0 Å². The van der Waals surface area contributed by atoms with E-state index in [0.29, 0.717) is 17.5 Å². The maximum absolute atomic E-state index is 5.04. The van der Waals surface area contributed by atoms with Crippen molar-refractivity contribution in [2.24, 2.45) is 0 Å². The normalized spacial score (nSPS) is 11.4. The van der Waals surface area contributed by atoms with Crippen molar-refractivity contribution in [3.8, 4) is 56.5 Å². The number of fused-ring (bicyclic) bond motifs is 4. The molecule has 4 aromatic heterocycles. The average Bonchev–Trinajstić information content (AvgIpc) is 3.54. The molecule has 0 bridgehead atoms. The second-order valence-corrected chi connectivity index (χ2v) is 12.4.